The van der Waals surface area contributed by atoms with Gasteiger partial charge in [0, 0.05) is 0 Å². The van der Waals surface area contributed by atoms with Crippen molar-refractivity contribution in [3.05, 3.63) is 58.5 Å². The van der Waals surface area contributed by atoms with E-state index in [2.05, 4.69) is 0 Å². The summed E-state index contributed by atoms with van der Waals surface area (Å²) < 4.78 is 11.4. The first-order chi connectivity index (χ1) is 12.5. The van der Waals surface area contributed by atoms with E-state index < -0.39 is 0 Å². The minimum atomic E-state index is -0.109. The molecule has 1 aliphatic rings. The summed E-state index contributed by atoms with van der Waals surface area (Å²) >= 11 is 6.74. The number of carbonyl (C=O) groups is 1. The molecule has 1 saturated heterocycles. The van der Waals surface area contributed by atoms with Gasteiger partial charge in [-0.15, -0.1) is 0 Å². The summed E-state index contributed by atoms with van der Waals surface area (Å²) in [5, 5.41) is 0. The zero-order valence-electron chi connectivity index (χ0n) is 14.8. The lowest BCUT2D eigenvalue weighted by Crippen LogP contribution is -2.28. The molecule has 134 valence electrons. The lowest BCUT2D eigenvalue weighted by molar-refractivity contribution is -0.113. The van der Waals surface area contributed by atoms with Crippen LogP contribution >= 0.6 is 24.0 Å². The largest absolute Gasteiger partial charge is 0.493 e. The van der Waals surface area contributed by atoms with Crippen LogP contribution in [0.25, 0.3) is 6.08 Å². The summed E-state index contributed by atoms with van der Waals surface area (Å²) in [6.45, 7) is 4.45. The molecule has 6 heteroatoms. The zero-order valence-corrected chi connectivity index (χ0v) is 16.4. The number of benzene rings is 2. The van der Waals surface area contributed by atoms with Crippen molar-refractivity contribution in [3.8, 4) is 11.5 Å². The second-order valence-electron chi connectivity index (χ2n) is 5.65. The van der Waals surface area contributed by atoms with Crippen LogP contribution in [-0.2, 0) is 4.79 Å². The van der Waals surface area contributed by atoms with Crippen molar-refractivity contribution in [2.24, 2.45) is 0 Å². The van der Waals surface area contributed by atoms with Crippen LogP contribution in [0.15, 0.2) is 47.4 Å². The standard InChI is InChI=1S/C20H19NO3S2/c1-4-24-16-10-9-14(11-17(16)23-3)12-18-19(22)21(20(25)26-18)15-8-6-5-7-13(15)2/h5-12H,4H2,1-3H3/b18-12-. The quantitative estimate of drug-likeness (QED) is 0.546. The Hall–Kier alpha value is -2.31. The van der Waals surface area contributed by atoms with E-state index in [1.807, 2.05) is 62.4 Å². The van der Waals surface area contributed by atoms with Crippen molar-refractivity contribution in [1.29, 1.82) is 0 Å². The Kier molecular flexibility index (Phi) is 5.64. The maximum atomic E-state index is 12.9. The Morgan fingerprint density at radius 1 is 1.19 bits per heavy atom. The molecule has 1 heterocycles. The number of methoxy groups -OCH3 is 1. The molecule has 2 aromatic rings. The van der Waals surface area contributed by atoms with Crippen LogP contribution in [0, 0.1) is 6.92 Å². The Morgan fingerprint density at radius 3 is 2.65 bits per heavy atom. The molecule has 0 N–H and O–H groups in total. The number of aryl methyl sites for hydroxylation is 1. The van der Waals surface area contributed by atoms with Gasteiger partial charge in [0.2, 0.25) is 0 Å². The van der Waals surface area contributed by atoms with E-state index in [1.54, 1.807) is 12.0 Å². The fourth-order valence-electron chi connectivity index (χ4n) is 2.69. The molecule has 4 nitrogen and oxygen atoms in total. The molecule has 1 aliphatic heterocycles. The van der Waals surface area contributed by atoms with Gasteiger partial charge in [0.1, 0.15) is 0 Å². The molecular formula is C20H19NO3S2. The van der Waals surface area contributed by atoms with Crippen molar-refractivity contribution in [3.63, 3.8) is 0 Å². The van der Waals surface area contributed by atoms with E-state index >= 15 is 0 Å². The van der Waals surface area contributed by atoms with Gasteiger partial charge in [-0.25, -0.2) is 0 Å². The van der Waals surface area contributed by atoms with Crippen LogP contribution < -0.4 is 14.4 Å². The highest BCUT2D eigenvalue weighted by molar-refractivity contribution is 8.27. The molecule has 1 fully saturated rings. The third-order valence-corrected chi connectivity index (χ3v) is 5.24. The number of amides is 1. The van der Waals surface area contributed by atoms with E-state index in [9.17, 15) is 4.79 Å². The fourth-order valence-corrected chi connectivity index (χ4v) is 3.97. The minimum Gasteiger partial charge on any atom is -0.493 e. The van der Waals surface area contributed by atoms with E-state index in [4.69, 9.17) is 21.7 Å². The van der Waals surface area contributed by atoms with Crippen molar-refractivity contribution in [1.82, 2.24) is 0 Å². The first kappa shape index (κ1) is 18.5. The number of ether oxygens (including phenoxy) is 2. The van der Waals surface area contributed by atoms with Crippen molar-refractivity contribution < 1.29 is 14.3 Å². The molecule has 0 spiro atoms. The number of thiocarbonyl (C=S) groups is 1. The number of rotatable bonds is 5. The van der Waals surface area contributed by atoms with Crippen LogP contribution in [-0.4, -0.2) is 23.9 Å². The fraction of sp³-hybridized carbons (Fsp3) is 0.200. The molecule has 0 saturated carbocycles. The maximum absolute atomic E-state index is 12.9. The second-order valence-corrected chi connectivity index (χ2v) is 7.32. The number of anilines is 1. The number of para-hydroxylation sites is 1. The van der Waals surface area contributed by atoms with E-state index in [0.717, 1.165) is 16.8 Å². The average Bonchev–Trinajstić information content (AvgIpc) is 2.90. The molecule has 0 atom stereocenters. The highest BCUT2D eigenvalue weighted by Gasteiger charge is 2.33. The molecule has 0 unspecified atom stereocenters. The number of thioether (sulfide) groups is 1. The summed E-state index contributed by atoms with van der Waals surface area (Å²) in [4.78, 5) is 15.1. The lowest BCUT2D eigenvalue weighted by atomic mass is 10.1. The summed E-state index contributed by atoms with van der Waals surface area (Å²) in [7, 11) is 1.60. The summed E-state index contributed by atoms with van der Waals surface area (Å²) in [5.41, 5.74) is 2.69. The second kappa shape index (κ2) is 7.93. The number of hydrogen-bond acceptors (Lipinski definition) is 5. The highest BCUT2D eigenvalue weighted by Crippen LogP contribution is 2.38. The molecule has 0 aromatic heterocycles. The van der Waals surface area contributed by atoms with Crippen LogP contribution in [0.5, 0.6) is 11.5 Å². The molecule has 26 heavy (non-hydrogen) atoms. The van der Waals surface area contributed by atoms with Gasteiger partial charge in [-0.1, -0.05) is 48.2 Å². The van der Waals surface area contributed by atoms with Gasteiger partial charge >= 0.3 is 0 Å². The third kappa shape index (κ3) is 3.61. The van der Waals surface area contributed by atoms with Crippen LogP contribution in [0.4, 0.5) is 5.69 Å². The molecule has 0 radical (unpaired) electrons. The zero-order chi connectivity index (χ0) is 18.7. The van der Waals surface area contributed by atoms with Gasteiger partial charge in [0.05, 0.1) is 24.3 Å². The van der Waals surface area contributed by atoms with Gasteiger partial charge in [0.25, 0.3) is 5.91 Å². The summed E-state index contributed by atoms with van der Waals surface area (Å²) in [6.07, 6.45) is 1.83. The van der Waals surface area contributed by atoms with E-state index in [1.165, 1.54) is 11.8 Å². The Bertz CT molecular complexity index is 892. The number of hydrogen-bond donors (Lipinski definition) is 0. The Morgan fingerprint density at radius 2 is 1.96 bits per heavy atom. The number of carbonyl (C=O) groups excluding carboxylic acids is 1. The van der Waals surface area contributed by atoms with Crippen LogP contribution in [0.1, 0.15) is 18.1 Å². The predicted molar refractivity (Wildman–Crippen MR) is 111 cm³/mol. The minimum absolute atomic E-state index is 0.109. The van der Waals surface area contributed by atoms with Gasteiger partial charge in [-0.05, 0) is 49.2 Å². The van der Waals surface area contributed by atoms with Crippen LogP contribution in [0.3, 0.4) is 0 Å². The highest BCUT2D eigenvalue weighted by atomic mass is 32.2. The monoisotopic (exact) mass is 385 g/mol. The number of nitrogens with zero attached hydrogens (tertiary/aromatic N) is 1. The molecular weight excluding hydrogens is 366 g/mol. The smallest absolute Gasteiger partial charge is 0.270 e. The van der Waals surface area contributed by atoms with Gasteiger partial charge in [0.15, 0.2) is 15.8 Å². The van der Waals surface area contributed by atoms with Crippen molar-refractivity contribution >= 4 is 46.0 Å². The molecule has 0 bridgehead atoms. The first-order valence-electron chi connectivity index (χ1n) is 8.19. The maximum Gasteiger partial charge on any atom is 0.270 e. The predicted octanol–water partition coefficient (Wildman–Crippen LogP) is 4.81. The van der Waals surface area contributed by atoms with Crippen LogP contribution in [0.2, 0.25) is 0 Å². The van der Waals surface area contributed by atoms with Crippen molar-refractivity contribution in [2.45, 2.75) is 13.8 Å². The molecule has 0 aliphatic carbocycles. The van der Waals surface area contributed by atoms with E-state index in [-0.39, 0.29) is 5.91 Å². The third-order valence-electron chi connectivity index (χ3n) is 3.94. The summed E-state index contributed by atoms with van der Waals surface area (Å²) in [5.74, 6) is 1.21. The normalized spacial score (nSPS) is 15.7. The lowest BCUT2D eigenvalue weighted by Gasteiger charge is -2.16. The van der Waals surface area contributed by atoms with E-state index in [0.29, 0.717) is 27.3 Å². The van der Waals surface area contributed by atoms with Gasteiger partial charge in [-0.3, -0.25) is 9.69 Å². The van der Waals surface area contributed by atoms with Gasteiger partial charge < -0.3 is 9.47 Å². The van der Waals surface area contributed by atoms with Gasteiger partial charge in [-0.2, -0.15) is 0 Å². The topological polar surface area (TPSA) is 38.8 Å². The Balaban J connectivity index is 1.92. The SMILES string of the molecule is CCOc1ccc(/C=C2\SC(=S)N(c3ccccc3C)C2=O)cc1OC. The average molecular weight is 386 g/mol. The Labute approximate surface area is 162 Å². The first-order valence-corrected chi connectivity index (χ1v) is 9.42. The van der Waals surface area contributed by atoms with Crippen molar-refractivity contribution in [2.75, 3.05) is 18.6 Å². The molecule has 3 rings (SSSR count). The molecule has 2 aromatic carbocycles. The summed E-state index contributed by atoms with van der Waals surface area (Å²) in [6, 6.07) is 13.3. The molecule has 1 amide bonds.